The lowest BCUT2D eigenvalue weighted by Crippen LogP contribution is -1.92. The molecule has 0 aromatic carbocycles. The molecule has 0 N–H and O–H groups in total. The normalized spacial score (nSPS) is 9.50. The van der Waals surface area contributed by atoms with E-state index in [-0.39, 0.29) is 15.9 Å². The Balaban J connectivity index is 3.31. The minimum Gasteiger partial charge on any atom is -0.210 e. The minimum atomic E-state index is 0.108. The van der Waals surface area contributed by atoms with E-state index in [0.29, 0.717) is 5.16 Å². The zero-order valence-electron chi connectivity index (χ0n) is 6.01. The van der Waals surface area contributed by atoms with Gasteiger partial charge in [-0.05, 0) is 6.26 Å². The molecular weight excluding hydrogens is 217 g/mol. The third-order valence-corrected chi connectivity index (χ3v) is 2.35. The second-order valence-electron chi connectivity index (χ2n) is 1.78. The molecule has 0 radical (unpaired) electrons. The molecule has 1 heterocycles. The van der Waals surface area contributed by atoms with Crippen LogP contribution in [0.4, 0.5) is 0 Å². The molecule has 1 aromatic rings. The van der Waals surface area contributed by atoms with Crippen LogP contribution in [0.1, 0.15) is 5.69 Å². The highest BCUT2D eigenvalue weighted by atomic mass is 35.5. The fraction of sp³-hybridized carbons (Fsp3) is 0.167. The predicted octanol–water partition coefficient (Wildman–Crippen LogP) is 2.38. The molecule has 3 nitrogen and oxygen atoms in total. The SMILES string of the molecule is CSc1nc(Cl)c(Cl)c(C#N)n1. The molecule has 1 rings (SSSR count). The number of halogens is 2. The molecule has 0 aliphatic carbocycles. The predicted molar refractivity (Wildman–Crippen MR) is 48.5 cm³/mol. The van der Waals surface area contributed by atoms with E-state index in [1.165, 1.54) is 11.8 Å². The first-order valence-corrected chi connectivity index (χ1v) is 4.84. The number of hydrogen-bond donors (Lipinski definition) is 0. The first-order chi connectivity index (χ1) is 5.69. The van der Waals surface area contributed by atoms with Gasteiger partial charge in [0.1, 0.15) is 11.1 Å². The number of thioether (sulfide) groups is 1. The van der Waals surface area contributed by atoms with E-state index in [0.717, 1.165) is 0 Å². The van der Waals surface area contributed by atoms with Crippen molar-refractivity contribution in [3.63, 3.8) is 0 Å². The molecule has 12 heavy (non-hydrogen) atoms. The highest BCUT2D eigenvalue weighted by Crippen LogP contribution is 2.24. The topological polar surface area (TPSA) is 49.6 Å². The van der Waals surface area contributed by atoms with Crippen LogP contribution in [0.5, 0.6) is 0 Å². The number of aromatic nitrogens is 2. The van der Waals surface area contributed by atoms with Crippen molar-refractivity contribution in [1.29, 1.82) is 5.26 Å². The number of hydrogen-bond acceptors (Lipinski definition) is 4. The van der Waals surface area contributed by atoms with Gasteiger partial charge in [-0.3, -0.25) is 0 Å². The van der Waals surface area contributed by atoms with E-state index in [1.54, 1.807) is 6.26 Å². The maximum absolute atomic E-state index is 8.57. The van der Waals surface area contributed by atoms with Crippen LogP contribution in [0.15, 0.2) is 5.16 Å². The lowest BCUT2D eigenvalue weighted by Gasteiger charge is -1.98. The Kier molecular flexibility index (Phi) is 3.15. The molecule has 0 aliphatic heterocycles. The molecule has 0 atom stereocenters. The average Bonchev–Trinajstić information content (AvgIpc) is 2.09. The van der Waals surface area contributed by atoms with Crippen molar-refractivity contribution in [3.05, 3.63) is 15.9 Å². The van der Waals surface area contributed by atoms with Gasteiger partial charge in [-0.25, -0.2) is 9.97 Å². The Morgan fingerprint density at radius 1 is 1.42 bits per heavy atom. The van der Waals surface area contributed by atoms with Gasteiger partial charge in [-0.15, -0.1) is 0 Å². The maximum Gasteiger partial charge on any atom is 0.190 e. The second-order valence-corrected chi connectivity index (χ2v) is 3.28. The van der Waals surface area contributed by atoms with Crippen LogP contribution in [-0.4, -0.2) is 16.2 Å². The van der Waals surface area contributed by atoms with Crippen LogP contribution in [0.2, 0.25) is 10.2 Å². The zero-order valence-corrected chi connectivity index (χ0v) is 8.33. The average molecular weight is 220 g/mol. The quantitative estimate of drug-likeness (QED) is 0.414. The van der Waals surface area contributed by atoms with Crippen LogP contribution in [0, 0.1) is 11.3 Å². The fourth-order valence-electron chi connectivity index (χ4n) is 0.566. The molecular formula is C6H3Cl2N3S. The second kappa shape index (κ2) is 3.94. The van der Waals surface area contributed by atoms with Crippen LogP contribution in [0.3, 0.4) is 0 Å². The zero-order chi connectivity index (χ0) is 9.14. The monoisotopic (exact) mass is 219 g/mol. The molecule has 0 aliphatic rings. The van der Waals surface area contributed by atoms with Gasteiger partial charge in [0.2, 0.25) is 0 Å². The van der Waals surface area contributed by atoms with Crippen LogP contribution < -0.4 is 0 Å². The summed E-state index contributed by atoms with van der Waals surface area (Å²) >= 11 is 12.6. The molecule has 0 spiro atoms. The lowest BCUT2D eigenvalue weighted by atomic mass is 10.4. The fourth-order valence-corrected chi connectivity index (χ4v) is 1.28. The number of nitriles is 1. The van der Waals surface area contributed by atoms with Crippen LogP contribution >= 0.6 is 35.0 Å². The van der Waals surface area contributed by atoms with E-state index in [9.17, 15) is 0 Å². The molecule has 0 unspecified atom stereocenters. The molecule has 0 amide bonds. The van der Waals surface area contributed by atoms with Crippen molar-refractivity contribution in [2.24, 2.45) is 0 Å². The van der Waals surface area contributed by atoms with Gasteiger partial charge < -0.3 is 0 Å². The molecule has 6 heteroatoms. The van der Waals surface area contributed by atoms with Gasteiger partial charge in [0.05, 0.1) is 0 Å². The summed E-state index contributed by atoms with van der Waals surface area (Å²) in [7, 11) is 0. The number of nitrogens with zero attached hydrogens (tertiary/aromatic N) is 3. The van der Waals surface area contributed by atoms with Crippen molar-refractivity contribution in [3.8, 4) is 6.07 Å². The van der Waals surface area contributed by atoms with Gasteiger partial charge in [0.25, 0.3) is 0 Å². The molecule has 0 fully saturated rings. The van der Waals surface area contributed by atoms with Gasteiger partial charge in [0.15, 0.2) is 16.0 Å². The first-order valence-electron chi connectivity index (χ1n) is 2.86. The van der Waals surface area contributed by atoms with Crippen molar-refractivity contribution < 1.29 is 0 Å². The van der Waals surface area contributed by atoms with Gasteiger partial charge in [-0.2, -0.15) is 5.26 Å². The van der Waals surface area contributed by atoms with Crippen molar-refractivity contribution >= 4 is 35.0 Å². The van der Waals surface area contributed by atoms with E-state index >= 15 is 0 Å². The Hall–Kier alpha value is -0.500. The summed E-state index contributed by atoms with van der Waals surface area (Å²) in [5, 5.41) is 9.24. The summed E-state index contributed by atoms with van der Waals surface area (Å²) in [6, 6.07) is 1.83. The van der Waals surface area contributed by atoms with Crippen LogP contribution in [-0.2, 0) is 0 Å². The summed E-state index contributed by atoms with van der Waals surface area (Å²) in [5.41, 5.74) is 0.112. The summed E-state index contributed by atoms with van der Waals surface area (Å²) in [6.07, 6.45) is 1.79. The summed E-state index contributed by atoms with van der Waals surface area (Å²) in [5.74, 6) is 0. The van der Waals surface area contributed by atoms with E-state index in [2.05, 4.69) is 9.97 Å². The van der Waals surface area contributed by atoms with Crippen LogP contribution in [0.25, 0.3) is 0 Å². The highest BCUT2D eigenvalue weighted by molar-refractivity contribution is 7.98. The number of rotatable bonds is 1. The van der Waals surface area contributed by atoms with Gasteiger partial charge >= 0.3 is 0 Å². The van der Waals surface area contributed by atoms with Crippen molar-refractivity contribution in [2.75, 3.05) is 6.26 Å². The first kappa shape index (κ1) is 9.59. The summed E-state index contributed by atoms with van der Waals surface area (Å²) in [6.45, 7) is 0. The third-order valence-electron chi connectivity index (χ3n) is 1.08. The Morgan fingerprint density at radius 2 is 2.08 bits per heavy atom. The maximum atomic E-state index is 8.57. The van der Waals surface area contributed by atoms with Gasteiger partial charge in [-0.1, -0.05) is 35.0 Å². The molecule has 0 saturated carbocycles. The largest absolute Gasteiger partial charge is 0.210 e. The van der Waals surface area contributed by atoms with E-state index in [4.69, 9.17) is 28.5 Å². The summed E-state index contributed by atoms with van der Waals surface area (Å²) in [4.78, 5) is 7.68. The van der Waals surface area contributed by atoms with Crippen molar-refractivity contribution in [1.82, 2.24) is 9.97 Å². The highest BCUT2D eigenvalue weighted by Gasteiger charge is 2.09. The lowest BCUT2D eigenvalue weighted by molar-refractivity contribution is 0.956. The van der Waals surface area contributed by atoms with Crippen molar-refractivity contribution in [2.45, 2.75) is 5.16 Å². The van der Waals surface area contributed by atoms with Gasteiger partial charge in [0, 0.05) is 0 Å². The molecule has 0 bridgehead atoms. The molecule has 0 saturated heterocycles. The summed E-state index contributed by atoms with van der Waals surface area (Å²) < 4.78 is 0. The third kappa shape index (κ3) is 1.81. The molecule has 62 valence electrons. The standard InChI is InChI=1S/C6H3Cl2N3S/c1-12-6-10-3(2-9)4(7)5(8)11-6/h1H3. The minimum absolute atomic E-state index is 0.108. The van der Waals surface area contributed by atoms with E-state index < -0.39 is 0 Å². The van der Waals surface area contributed by atoms with E-state index in [1.807, 2.05) is 6.07 Å². The Labute approximate surface area is 83.7 Å². The smallest absolute Gasteiger partial charge is 0.190 e. The Morgan fingerprint density at radius 3 is 2.58 bits per heavy atom. The Bertz CT molecular complexity index is 347. The molecule has 1 aromatic heterocycles.